The SMILES string of the molecule is C[C@](C#N)(NC(=O)CN1CCN(C(=O)Cc2ccc(F)cc2)CC1)C1CC1. The Morgan fingerprint density at radius 3 is 2.41 bits per heavy atom. The molecule has 0 bridgehead atoms. The molecule has 7 heteroatoms. The minimum Gasteiger partial charge on any atom is -0.340 e. The molecule has 1 N–H and O–H groups in total. The van der Waals surface area contributed by atoms with Gasteiger partial charge in [0.05, 0.1) is 19.0 Å². The Bertz CT molecular complexity index is 733. The van der Waals surface area contributed by atoms with Crippen molar-refractivity contribution in [2.75, 3.05) is 32.7 Å². The molecule has 1 aliphatic heterocycles. The molecular formula is C20H25FN4O2. The minimum atomic E-state index is -0.774. The van der Waals surface area contributed by atoms with Crippen molar-refractivity contribution in [1.82, 2.24) is 15.1 Å². The maximum absolute atomic E-state index is 12.9. The van der Waals surface area contributed by atoms with Crippen LogP contribution >= 0.6 is 0 Å². The van der Waals surface area contributed by atoms with Gasteiger partial charge in [0.15, 0.2) is 0 Å². The molecule has 144 valence electrons. The fourth-order valence-corrected chi connectivity index (χ4v) is 3.46. The molecule has 1 saturated carbocycles. The Kier molecular flexibility index (Phi) is 5.76. The van der Waals surface area contributed by atoms with Gasteiger partial charge in [0, 0.05) is 26.2 Å². The van der Waals surface area contributed by atoms with E-state index >= 15 is 0 Å². The van der Waals surface area contributed by atoms with Gasteiger partial charge in [-0.05, 0) is 43.4 Å². The summed E-state index contributed by atoms with van der Waals surface area (Å²) in [5.41, 5.74) is 0.0170. The van der Waals surface area contributed by atoms with E-state index < -0.39 is 5.54 Å². The van der Waals surface area contributed by atoms with Gasteiger partial charge in [0.25, 0.3) is 0 Å². The van der Waals surface area contributed by atoms with Crippen LogP contribution in [0.5, 0.6) is 0 Å². The second kappa shape index (κ2) is 8.05. The average Bonchev–Trinajstić information content (AvgIpc) is 3.49. The fraction of sp³-hybridized carbons (Fsp3) is 0.550. The number of nitrogens with zero attached hydrogens (tertiary/aromatic N) is 3. The summed E-state index contributed by atoms with van der Waals surface area (Å²) in [6.45, 7) is 4.39. The summed E-state index contributed by atoms with van der Waals surface area (Å²) in [5.74, 6) is -0.187. The quantitative estimate of drug-likeness (QED) is 0.817. The number of hydrogen-bond donors (Lipinski definition) is 1. The molecular weight excluding hydrogens is 347 g/mol. The first-order valence-electron chi connectivity index (χ1n) is 9.36. The lowest BCUT2D eigenvalue weighted by Crippen LogP contribution is -2.54. The molecule has 1 atom stereocenters. The molecule has 0 radical (unpaired) electrons. The molecule has 3 rings (SSSR count). The number of piperazine rings is 1. The summed E-state index contributed by atoms with van der Waals surface area (Å²) in [6.07, 6.45) is 2.22. The lowest BCUT2D eigenvalue weighted by Gasteiger charge is -2.35. The van der Waals surface area contributed by atoms with Crippen LogP contribution in [0.4, 0.5) is 4.39 Å². The highest BCUT2D eigenvalue weighted by atomic mass is 19.1. The predicted octanol–water partition coefficient (Wildman–Crippen LogP) is 1.32. The van der Waals surface area contributed by atoms with Crippen molar-refractivity contribution < 1.29 is 14.0 Å². The Morgan fingerprint density at radius 1 is 1.22 bits per heavy atom. The number of carbonyl (C=O) groups is 2. The van der Waals surface area contributed by atoms with E-state index in [9.17, 15) is 19.2 Å². The van der Waals surface area contributed by atoms with Crippen molar-refractivity contribution in [3.8, 4) is 6.07 Å². The third-order valence-electron chi connectivity index (χ3n) is 5.39. The van der Waals surface area contributed by atoms with E-state index in [2.05, 4.69) is 11.4 Å². The maximum Gasteiger partial charge on any atom is 0.235 e. The number of amides is 2. The summed E-state index contributed by atoms with van der Waals surface area (Å²) in [5, 5.41) is 12.2. The highest BCUT2D eigenvalue weighted by Gasteiger charge is 2.43. The molecule has 1 aromatic rings. The van der Waals surface area contributed by atoms with E-state index in [-0.39, 0.29) is 36.5 Å². The number of carbonyl (C=O) groups excluding carboxylic acids is 2. The molecule has 1 saturated heterocycles. The smallest absolute Gasteiger partial charge is 0.235 e. The van der Waals surface area contributed by atoms with Gasteiger partial charge in [-0.3, -0.25) is 14.5 Å². The normalized spacial score (nSPS) is 19.8. The standard InChI is InChI=1S/C20H25FN4O2/c1-20(14-22,16-4-5-16)23-18(26)13-24-8-10-25(11-9-24)19(27)12-15-2-6-17(21)7-3-15/h2-3,6-7,16H,4-5,8-13H2,1H3,(H,23,26)/t20-/m1/s1. The van der Waals surface area contributed by atoms with Gasteiger partial charge < -0.3 is 10.2 Å². The minimum absolute atomic E-state index is 0.0106. The molecule has 0 spiro atoms. The molecule has 27 heavy (non-hydrogen) atoms. The van der Waals surface area contributed by atoms with Crippen LogP contribution < -0.4 is 5.32 Å². The molecule has 2 fully saturated rings. The number of nitrogens with one attached hydrogen (secondary N) is 1. The van der Waals surface area contributed by atoms with Crippen LogP contribution in [-0.2, 0) is 16.0 Å². The highest BCUT2D eigenvalue weighted by Crippen LogP contribution is 2.39. The van der Waals surface area contributed by atoms with Gasteiger partial charge in [0.1, 0.15) is 11.4 Å². The number of rotatable bonds is 6. The number of nitriles is 1. The first-order chi connectivity index (χ1) is 12.9. The van der Waals surface area contributed by atoms with Crippen LogP contribution in [-0.4, -0.2) is 59.9 Å². The lowest BCUT2D eigenvalue weighted by molar-refractivity contribution is -0.132. The summed E-state index contributed by atoms with van der Waals surface area (Å²) in [7, 11) is 0. The molecule has 1 heterocycles. The molecule has 2 amide bonds. The van der Waals surface area contributed by atoms with Crippen molar-refractivity contribution >= 4 is 11.8 Å². The van der Waals surface area contributed by atoms with Crippen LogP contribution in [0.2, 0.25) is 0 Å². The third kappa shape index (κ3) is 5.04. The van der Waals surface area contributed by atoms with Crippen LogP contribution in [0.1, 0.15) is 25.3 Å². The van der Waals surface area contributed by atoms with Gasteiger partial charge in [0.2, 0.25) is 11.8 Å². The van der Waals surface area contributed by atoms with E-state index in [1.807, 2.05) is 4.90 Å². The van der Waals surface area contributed by atoms with E-state index in [1.165, 1.54) is 12.1 Å². The zero-order chi connectivity index (χ0) is 19.4. The van der Waals surface area contributed by atoms with Gasteiger partial charge in [-0.1, -0.05) is 12.1 Å². The van der Waals surface area contributed by atoms with Crippen molar-refractivity contribution in [1.29, 1.82) is 5.26 Å². The number of hydrogen-bond acceptors (Lipinski definition) is 4. The topological polar surface area (TPSA) is 76.4 Å². The number of halogens is 1. The van der Waals surface area contributed by atoms with E-state index in [1.54, 1.807) is 24.0 Å². The molecule has 1 aliphatic carbocycles. The Morgan fingerprint density at radius 2 is 1.85 bits per heavy atom. The summed E-state index contributed by atoms with van der Waals surface area (Å²) in [4.78, 5) is 28.5. The molecule has 1 aromatic carbocycles. The van der Waals surface area contributed by atoms with Gasteiger partial charge in [-0.25, -0.2) is 4.39 Å². The Labute approximate surface area is 158 Å². The number of benzene rings is 1. The highest BCUT2D eigenvalue weighted by molar-refractivity contribution is 5.80. The maximum atomic E-state index is 12.9. The molecule has 0 aromatic heterocycles. The van der Waals surface area contributed by atoms with Crippen molar-refractivity contribution in [2.24, 2.45) is 5.92 Å². The van der Waals surface area contributed by atoms with Crippen molar-refractivity contribution in [3.05, 3.63) is 35.6 Å². The van der Waals surface area contributed by atoms with Crippen molar-refractivity contribution in [3.63, 3.8) is 0 Å². The third-order valence-corrected chi connectivity index (χ3v) is 5.39. The van der Waals surface area contributed by atoms with Crippen LogP contribution in [0.25, 0.3) is 0 Å². The lowest BCUT2D eigenvalue weighted by atomic mass is 9.98. The second-order valence-corrected chi connectivity index (χ2v) is 7.60. The largest absolute Gasteiger partial charge is 0.340 e. The average molecular weight is 372 g/mol. The fourth-order valence-electron chi connectivity index (χ4n) is 3.46. The summed E-state index contributed by atoms with van der Waals surface area (Å²) < 4.78 is 12.9. The Balaban J connectivity index is 1.43. The van der Waals surface area contributed by atoms with Crippen LogP contribution in [0.15, 0.2) is 24.3 Å². The monoisotopic (exact) mass is 372 g/mol. The molecule has 6 nitrogen and oxygen atoms in total. The van der Waals surface area contributed by atoms with Crippen LogP contribution in [0.3, 0.4) is 0 Å². The van der Waals surface area contributed by atoms with E-state index in [0.29, 0.717) is 26.2 Å². The second-order valence-electron chi connectivity index (χ2n) is 7.60. The van der Waals surface area contributed by atoms with Crippen LogP contribution in [0, 0.1) is 23.1 Å². The zero-order valence-electron chi connectivity index (χ0n) is 15.6. The molecule has 2 aliphatic rings. The summed E-state index contributed by atoms with van der Waals surface area (Å²) in [6, 6.07) is 8.19. The van der Waals surface area contributed by atoms with E-state index in [0.717, 1.165) is 18.4 Å². The predicted molar refractivity (Wildman–Crippen MR) is 98.0 cm³/mol. The first kappa shape index (κ1) is 19.3. The first-order valence-corrected chi connectivity index (χ1v) is 9.36. The van der Waals surface area contributed by atoms with Gasteiger partial charge in [-0.15, -0.1) is 0 Å². The van der Waals surface area contributed by atoms with Crippen molar-refractivity contribution in [2.45, 2.75) is 31.7 Å². The van der Waals surface area contributed by atoms with Gasteiger partial charge >= 0.3 is 0 Å². The Hall–Kier alpha value is -2.46. The molecule has 0 unspecified atom stereocenters. The zero-order valence-corrected chi connectivity index (χ0v) is 15.6. The summed E-state index contributed by atoms with van der Waals surface area (Å²) >= 11 is 0. The van der Waals surface area contributed by atoms with Gasteiger partial charge in [-0.2, -0.15) is 5.26 Å². The van der Waals surface area contributed by atoms with E-state index in [4.69, 9.17) is 0 Å².